The zero-order valence-electron chi connectivity index (χ0n) is 10.5. The van der Waals surface area contributed by atoms with E-state index in [9.17, 15) is 5.11 Å². The molecule has 3 heteroatoms. The average Bonchev–Trinajstić information content (AvgIpc) is 2.35. The Hall–Kier alpha value is -1.06. The van der Waals surface area contributed by atoms with Crippen LogP contribution in [0.15, 0.2) is 18.2 Å². The van der Waals surface area contributed by atoms with Crippen LogP contribution in [0.2, 0.25) is 0 Å². The predicted octanol–water partition coefficient (Wildman–Crippen LogP) is 1.25. The molecule has 4 atom stereocenters. The fourth-order valence-corrected chi connectivity index (χ4v) is 5.72. The van der Waals surface area contributed by atoms with Gasteiger partial charge in [0.2, 0.25) is 0 Å². The number of ether oxygens (including phenoxy) is 1. The summed E-state index contributed by atoms with van der Waals surface area (Å²) in [4.78, 5) is 2.50. The summed E-state index contributed by atoms with van der Waals surface area (Å²) in [6, 6.07) is 6.68. The first-order valence-electron chi connectivity index (χ1n) is 6.84. The molecule has 2 heterocycles. The molecule has 1 saturated carbocycles. The summed E-state index contributed by atoms with van der Waals surface area (Å²) in [5.41, 5.74) is 3.44. The largest absolute Gasteiger partial charge is 0.508 e. The van der Waals surface area contributed by atoms with Crippen LogP contribution in [0.3, 0.4) is 0 Å². The number of hydrogen-bond donors (Lipinski definition) is 1. The second kappa shape index (κ2) is 2.61. The predicted molar refractivity (Wildman–Crippen MR) is 66.8 cm³/mol. The van der Waals surface area contributed by atoms with E-state index in [0.717, 1.165) is 31.7 Å². The first kappa shape index (κ1) is 9.82. The minimum absolute atomic E-state index is 0.233. The molecule has 5 rings (SSSR count). The number of likely N-dealkylation sites (tertiary alicyclic amines) is 1. The quantitative estimate of drug-likeness (QED) is 0.744. The van der Waals surface area contributed by atoms with Crippen LogP contribution >= 0.6 is 0 Å². The van der Waals surface area contributed by atoms with Crippen molar-refractivity contribution in [3.8, 4) is 5.75 Å². The SMILES string of the molecule is CN1CC23c4ccc(O)cc4C24COCCC4C13. The van der Waals surface area contributed by atoms with E-state index >= 15 is 0 Å². The van der Waals surface area contributed by atoms with Crippen molar-refractivity contribution in [3.05, 3.63) is 29.3 Å². The molecule has 1 N–H and O–H groups in total. The van der Waals surface area contributed by atoms with E-state index in [1.807, 2.05) is 12.1 Å². The smallest absolute Gasteiger partial charge is 0.115 e. The number of piperidine rings is 1. The van der Waals surface area contributed by atoms with E-state index in [-0.39, 0.29) is 5.41 Å². The van der Waals surface area contributed by atoms with Crippen molar-refractivity contribution in [2.24, 2.45) is 5.92 Å². The lowest BCUT2D eigenvalue weighted by Crippen LogP contribution is -2.94. The second-order valence-corrected chi connectivity index (χ2v) is 6.48. The lowest BCUT2D eigenvalue weighted by molar-refractivity contribution is -0.267. The molecule has 0 radical (unpaired) electrons. The van der Waals surface area contributed by atoms with Crippen LogP contribution in [0, 0.1) is 5.92 Å². The topological polar surface area (TPSA) is 32.7 Å². The third kappa shape index (κ3) is 0.668. The molecule has 2 saturated heterocycles. The highest BCUT2D eigenvalue weighted by Gasteiger charge is 2.84. The minimum Gasteiger partial charge on any atom is -0.508 e. The minimum atomic E-state index is 0.233. The van der Waals surface area contributed by atoms with Crippen LogP contribution in [0.1, 0.15) is 17.5 Å². The molecule has 0 amide bonds. The van der Waals surface area contributed by atoms with Gasteiger partial charge in [-0.15, -0.1) is 0 Å². The molecule has 18 heavy (non-hydrogen) atoms. The Kier molecular flexibility index (Phi) is 1.42. The molecule has 1 aromatic rings. The fraction of sp³-hybridized carbons (Fsp3) is 0.600. The Morgan fingerprint density at radius 3 is 3.06 bits per heavy atom. The van der Waals surface area contributed by atoms with Gasteiger partial charge in [-0.2, -0.15) is 0 Å². The molecule has 94 valence electrons. The fourth-order valence-electron chi connectivity index (χ4n) is 5.72. The highest BCUT2D eigenvalue weighted by Crippen LogP contribution is 2.78. The van der Waals surface area contributed by atoms with Crippen molar-refractivity contribution in [3.63, 3.8) is 0 Å². The summed E-state index contributed by atoms with van der Waals surface area (Å²) in [5, 5.41) is 9.76. The van der Waals surface area contributed by atoms with Crippen molar-refractivity contribution in [2.45, 2.75) is 23.3 Å². The zero-order chi connectivity index (χ0) is 12.1. The summed E-state index contributed by atoms with van der Waals surface area (Å²) in [5.74, 6) is 1.14. The molecule has 3 fully saturated rings. The highest BCUT2D eigenvalue weighted by molar-refractivity contribution is 5.67. The van der Waals surface area contributed by atoms with Crippen LogP contribution in [-0.4, -0.2) is 42.9 Å². The summed E-state index contributed by atoms with van der Waals surface area (Å²) in [6.45, 7) is 2.93. The van der Waals surface area contributed by atoms with Crippen LogP contribution in [0.4, 0.5) is 0 Å². The molecule has 0 aromatic heterocycles. The number of phenols is 1. The van der Waals surface area contributed by atoms with Gasteiger partial charge in [0.1, 0.15) is 5.75 Å². The van der Waals surface area contributed by atoms with Crippen LogP contribution in [0.5, 0.6) is 5.75 Å². The molecule has 4 aliphatic rings. The number of aromatic hydroxyl groups is 1. The van der Waals surface area contributed by atoms with Crippen LogP contribution < -0.4 is 0 Å². The Bertz CT molecular complexity index is 572. The molecule has 0 bridgehead atoms. The molecule has 2 aliphatic carbocycles. The zero-order valence-corrected chi connectivity index (χ0v) is 10.5. The third-order valence-corrected chi connectivity index (χ3v) is 6.16. The average molecular weight is 243 g/mol. The van der Waals surface area contributed by atoms with Crippen molar-refractivity contribution < 1.29 is 9.84 Å². The Labute approximate surface area is 106 Å². The second-order valence-electron chi connectivity index (χ2n) is 6.48. The summed E-state index contributed by atoms with van der Waals surface area (Å²) < 4.78 is 5.81. The number of fused-ring (bicyclic) bond motifs is 2. The number of nitrogens with zero attached hydrogens (tertiary/aromatic N) is 1. The van der Waals surface area contributed by atoms with Crippen LogP contribution in [-0.2, 0) is 15.6 Å². The maximum Gasteiger partial charge on any atom is 0.115 e. The van der Waals surface area contributed by atoms with Crippen molar-refractivity contribution in [2.75, 3.05) is 26.8 Å². The molecule has 1 aromatic carbocycles. The van der Waals surface area contributed by atoms with Gasteiger partial charge in [0.05, 0.1) is 6.61 Å². The molecule has 2 aliphatic heterocycles. The van der Waals surface area contributed by atoms with Gasteiger partial charge >= 0.3 is 0 Å². The Balaban J connectivity index is 1.74. The summed E-state index contributed by atoms with van der Waals surface area (Å²) >= 11 is 0. The molecule has 2 spiro atoms. The number of phenolic OH excluding ortho intramolecular Hbond substituents is 1. The van der Waals surface area contributed by atoms with Crippen molar-refractivity contribution in [1.29, 1.82) is 0 Å². The van der Waals surface area contributed by atoms with E-state index < -0.39 is 0 Å². The van der Waals surface area contributed by atoms with Gasteiger partial charge in [-0.25, -0.2) is 0 Å². The van der Waals surface area contributed by atoms with E-state index in [1.54, 1.807) is 0 Å². The molecule has 4 unspecified atom stereocenters. The van der Waals surface area contributed by atoms with E-state index in [1.165, 1.54) is 17.5 Å². The molecular formula is C15H17NO2. The van der Waals surface area contributed by atoms with Gasteiger partial charge in [-0.05, 0) is 42.6 Å². The highest BCUT2D eigenvalue weighted by atomic mass is 16.5. The van der Waals surface area contributed by atoms with E-state index in [2.05, 4.69) is 18.0 Å². The maximum atomic E-state index is 9.76. The number of benzene rings is 1. The number of likely N-dealkylation sites (N-methyl/N-ethyl adjacent to an activating group) is 1. The summed E-state index contributed by atoms with van der Waals surface area (Å²) in [7, 11) is 2.24. The lowest BCUT2D eigenvalue weighted by atomic mass is 9.25. The normalized spacial score (nSPS) is 47.6. The summed E-state index contributed by atoms with van der Waals surface area (Å²) in [6.07, 6.45) is 1.17. The van der Waals surface area contributed by atoms with Crippen molar-refractivity contribution >= 4 is 0 Å². The van der Waals surface area contributed by atoms with Gasteiger partial charge in [-0.3, -0.25) is 0 Å². The van der Waals surface area contributed by atoms with Gasteiger partial charge in [0.25, 0.3) is 0 Å². The maximum absolute atomic E-state index is 9.76. The third-order valence-electron chi connectivity index (χ3n) is 6.16. The Morgan fingerprint density at radius 2 is 2.22 bits per heavy atom. The van der Waals surface area contributed by atoms with E-state index in [4.69, 9.17) is 4.74 Å². The van der Waals surface area contributed by atoms with Gasteiger partial charge in [-0.1, -0.05) is 6.07 Å². The van der Waals surface area contributed by atoms with Crippen molar-refractivity contribution in [1.82, 2.24) is 4.90 Å². The lowest BCUT2D eigenvalue weighted by Gasteiger charge is -2.85. The van der Waals surface area contributed by atoms with Gasteiger partial charge in [0.15, 0.2) is 0 Å². The molecule has 3 nitrogen and oxygen atoms in total. The first-order chi connectivity index (χ1) is 8.72. The van der Waals surface area contributed by atoms with Gasteiger partial charge < -0.3 is 14.7 Å². The van der Waals surface area contributed by atoms with E-state index in [0.29, 0.717) is 11.2 Å². The first-order valence-corrected chi connectivity index (χ1v) is 6.84. The Morgan fingerprint density at radius 1 is 1.33 bits per heavy atom. The number of rotatable bonds is 0. The molecular weight excluding hydrogens is 226 g/mol. The van der Waals surface area contributed by atoms with Crippen LogP contribution in [0.25, 0.3) is 0 Å². The number of hydrogen-bond acceptors (Lipinski definition) is 3. The monoisotopic (exact) mass is 243 g/mol. The standard InChI is InChI=1S/C15H17NO2/c1-16-7-14-10-3-2-9(17)6-12(10)15(14)8-18-5-4-11(15)13(14)16/h2-3,6,11,13,17H,4-5,7-8H2,1H3. The van der Waals surface area contributed by atoms with Gasteiger partial charge in [0, 0.05) is 30.0 Å².